The summed E-state index contributed by atoms with van der Waals surface area (Å²) in [5.41, 5.74) is 1.19. The number of ether oxygens (including phenoxy) is 4. The third-order valence-corrected chi connectivity index (χ3v) is 7.60. The number of amides is 1. The number of hydrogen-bond donors (Lipinski definition) is 0. The maximum Gasteiger partial charge on any atom is 0.262 e. The van der Waals surface area contributed by atoms with Crippen molar-refractivity contribution in [3.63, 3.8) is 0 Å². The van der Waals surface area contributed by atoms with Crippen molar-refractivity contribution in [1.82, 2.24) is 14.5 Å². The highest BCUT2D eigenvalue weighted by atomic mass is 32.2. The van der Waals surface area contributed by atoms with Crippen molar-refractivity contribution in [2.24, 2.45) is 0 Å². The molecule has 3 aliphatic rings. The first-order valence-electron chi connectivity index (χ1n) is 11.7. The lowest BCUT2D eigenvalue weighted by Gasteiger charge is -2.33. The molecule has 3 aliphatic heterocycles. The predicted molar refractivity (Wildman–Crippen MR) is 130 cm³/mol. The van der Waals surface area contributed by atoms with Crippen molar-refractivity contribution >= 4 is 28.6 Å². The van der Waals surface area contributed by atoms with Crippen molar-refractivity contribution in [1.29, 1.82) is 0 Å². The summed E-state index contributed by atoms with van der Waals surface area (Å²) in [6.45, 7) is 3.44. The monoisotopic (exact) mass is 495 g/mol. The normalized spacial score (nSPS) is 18.3. The van der Waals surface area contributed by atoms with Crippen LogP contribution in [-0.4, -0.2) is 52.3 Å². The van der Waals surface area contributed by atoms with Crippen LogP contribution in [0, 0.1) is 0 Å². The minimum atomic E-state index is -0.202. The smallest absolute Gasteiger partial charge is 0.262 e. The molecule has 4 heterocycles. The van der Waals surface area contributed by atoms with Crippen molar-refractivity contribution < 1.29 is 23.7 Å². The van der Waals surface area contributed by atoms with E-state index in [4.69, 9.17) is 23.9 Å². The van der Waals surface area contributed by atoms with E-state index in [1.165, 1.54) is 11.8 Å². The summed E-state index contributed by atoms with van der Waals surface area (Å²) in [7, 11) is 0. The van der Waals surface area contributed by atoms with Crippen LogP contribution in [0.2, 0.25) is 0 Å². The molecule has 6 rings (SSSR count). The van der Waals surface area contributed by atoms with Gasteiger partial charge in [0, 0.05) is 18.7 Å². The third-order valence-electron chi connectivity index (χ3n) is 6.64. The Balaban J connectivity index is 1.36. The predicted octanol–water partition coefficient (Wildman–Crippen LogP) is 3.40. The highest BCUT2D eigenvalue weighted by Gasteiger charge is 2.25. The van der Waals surface area contributed by atoms with Crippen molar-refractivity contribution in [3.8, 4) is 23.0 Å². The van der Waals surface area contributed by atoms with E-state index in [0.717, 1.165) is 31.4 Å². The van der Waals surface area contributed by atoms with Crippen molar-refractivity contribution in [2.75, 3.05) is 25.9 Å². The average Bonchev–Trinajstić information content (AvgIpc) is 3.52. The van der Waals surface area contributed by atoms with Crippen LogP contribution in [0.1, 0.15) is 31.7 Å². The number of rotatable bonds is 5. The molecule has 10 heteroatoms. The van der Waals surface area contributed by atoms with Crippen LogP contribution in [-0.2, 0) is 11.3 Å². The van der Waals surface area contributed by atoms with E-state index in [-0.39, 0.29) is 43.4 Å². The molecular weight excluding hydrogens is 470 g/mol. The van der Waals surface area contributed by atoms with Gasteiger partial charge < -0.3 is 23.8 Å². The first kappa shape index (κ1) is 22.1. The fourth-order valence-electron chi connectivity index (χ4n) is 4.74. The van der Waals surface area contributed by atoms with Gasteiger partial charge in [-0.1, -0.05) is 17.8 Å². The molecule has 0 N–H and O–H groups in total. The molecule has 1 fully saturated rings. The lowest BCUT2D eigenvalue weighted by atomic mass is 10.0. The second kappa shape index (κ2) is 8.99. The van der Waals surface area contributed by atoms with Crippen LogP contribution in [0.25, 0.3) is 10.9 Å². The first-order valence-corrected chi connectivity index (χ1v) is 12.7. The van der Waals surface area contributed by atoms with Gasteiger partial charge in [0.2, 0.25) is 19.5 Å². The zero-order valence-electron chi connectivity index (χ0n) is 19.3. The number of carbonyl (C=O) groups excluding carboxylic acids is 1. The van der Waals surface area contributed by atoms with Gasteiger partial charge in [-0.15, -0.1) is 0 Å². The summed E-state index contributed by atoms with van der Waals surface area (Å²) in [5, 5.41) is 0.923. The summed E-state index contributed by atoms with van der Waals surface area (Å²) in [6, 6.07) is 9.24. The number of likely N-dealkylation sites (tertiary alicyclic amines) is 1. The van der Waals surface area contributed by atoms with Crippen LogP contribution in [0.5, 0.6) is 23.0 Å². The zero-order valence-corrected chi connectivity index (χ0v) is 20.1. The summed E-state index contributed by atoms with van der Waals surface area (Å²) < 4.78 is 23.5. The van der Waals surface area contributed by atoms with Crippen LogP contribution >= 0.6 is 11.8 Å². The van der Waals surface area contributed by atoms with E-state index in [1.54, 1.807) is 16.7 Å². The molecule has 35 heavy (non-hydrogen) atoms. The molecular formula is C25H25N3O6S. The van der Waals surface area contributed by atoms with Gasteiger partial charge in [-0.05, 0) is 49.9 Å². The molecule has 1 aromatic heterocycles. The molecule has 182 valence electrons. The molecule has 0 spiro atoms. The molecule has 1 saturated heterocycles. The molecule has 2 aromatic carbocycles. The standard InChI is InChI=1S/C25H25N3O6S/c1-15-4-2-3-7-27(15)23(29)12-35-25-26-18-10-22-21(33-14-34-22)9-17(18)24(30)28(25)11-16-5-6-19-20(8-16)32-13-31-19/h5-6,8-10,15H,2-4,7,11-14H2,1H3/t15-/m0/s1. The van der Waals surface area contributed by atoms with Gasteiger partial charge in [0.1, 0.15) is 0 Å². The second-order valence-electron chi connectivity index (χ2n) is 8.92. The minimum Gasteiger partial charge on any atom is -0.454 e. The quantitative estimate of drug-likeness (QED) is 0.393. The average molecular weight is 496 g/mol. The summed E-state index contributed by atoms with van der Waals surface area (Å²) in [4.78, 5) is 33.4. The summed E-state index contributed by atoms with van der Waals surface area (Å²) in [6.07, 6.45) is 3.19. The molecule has 9 nitrogen and oxygen atoms in total. The van der Waals surface area contributed by atoms with E-state index in [2.05, 4.69) is 6.92 Å². The molecule has 0 aliphatic carbocycles. The highest BCUT2D eigenvalue weighted by Crippen LogP contribution is 2.36. The van der Waals surface area contributed by atoms with E-state index >= 15 is 0 Å². The summed E-state index contributed by atoms with van der Waals surface area (Å²) >= 11 is 1.29. The molecule has 0 radical (unpaired) electrons. The van der Waals surface area contributed by atoms with Gasteiger partial charge in [0.25, 0.3) is 5.56 Å². The Kier molecular flexibility index (Phi) is 5.68. The van der Waals surface area contributed by atoms with Crippen molar-refractivity contribution in [2.45, 2.75) is 43.9 Å². The fourth-order valence-corrected chi connectivity index (χ4v) is 5.62. The Labute approximate surface area is 205 Å². The molecule has 1 atom stereocenters. The first-order chi connectivity index (χ1) is 17.1. The van der Waals surface area contributed by atoms with Crippen molar-refractivity contribution in [3.05, 3.63) is 46.2 Å². The molecule has 0 saturated carbocycles. The lowest BCUT2D eigenvalue weighted by Crippen LogP contribution is -2.43. The molecule has 3 aromatic rings. The number of hydrogen-bond acceptors (Lipinski definition) is 8. The number of fused-ring (bicyclic) bond motifs is 3. The van der Waals surface area contributed by atoms with E-state index < -0.39 is 0 Å². The summed E-state index contributed by atoms with van der Waals surface area (Å²) in [5.74, 6) is 2.70. The fraction of sp³-hybridized carbons (Fsp3) is 0.400. The van der Waals surface area contributed by atoms with Gasteiger partial charge in [0.15, 0.2) is 28.2 Å². The van der Waals surface area contributed by atoms with Crippen LogP contribution in [0.4, 0.5) is 0 Å². The Hall–Kier alpha value is -3.40. The minimum absolute atomic E-state index is 0.0665. The second-order valence-corrected chi connectivity index (χ2v) is 9.86. The SMILES string of the molecule is C[C@H]1CCCCN1C(=O)CSc1nc2cc3c(cc2c(=O)n1Cc1ccc2c(c1)OCO2)OCO3. The van der Waals surface area contributed by atoms with Gasteiger partial charge in [-0.3, -0.25) is 14.2 Å². The number of benzene rings is 2. The van der Waals surface area contributed by atoms with Gasteiger partial charge in [0.05, 0.1) is 23.2 Å². The molecule has 0 bridgehead atoms. The lowest BCUT2D eigenvalue weighted by molar-refractivity contribution is -0.131. The highest BCUT2D eigenvalue weighted by molar-refractivity contribution is 7.99. The van der Waals surface area contributed by atoms with E-state index in [9.17, 15) is 9.59 Å². The maximum absolute atomic E-state index is 13.6. The van der Waals surface area contributed by atoms with Gasteiger partial charge >= 0.3 is 0 Å². The molecule has 0 unspecified atom stereocenters. The van der Waals surface area contributed by atoms with Crippen LogP contribution < -0.4 is 24.5 Å². The van der Waals surface area contributed by atoms with Gasteiger partial charge in [-0.2, -0.15) is 0 Å². The molecule has 1 amide bonds. The topological polar surface area (TPSA) is 92.1 Å². The zero-order chi connectivity index (χ0) is 23.9. The van der Waals surface area contributed by atoms with Gasteiger partial charge in [-0.25, -0.2) is 4.98 Å². The Morgan fingerprint density at radius 1 is 1.03 bits per heavy atom. The third kappa shape index (κ3) is 4.16. The maximum atomic E-state index is 13.6. The van der Waals surface area contributed by atoms with E-state index in [1.807, 2.05) is 23.1 Å². The van der Waals surface area contributed by atoms with E-state index in [0.29, 0.717) is 39.1 Å². The van der Waals surface area contributed by atoms with Crippen LogP contribution in [0.15, 0.2) is 40.3 Å². The number of nitrogens with zero attached hydrogens (tertiary/aromatic N) is 3. The number of thioether (sulfide) groups is 1. The Morgan fingerprint density at radius 3 is 2.57 bits per heavy atom. The number of aromatic nitrogens is 2. The van der Waals surface area contributed by atoms with Crippen LogP contribution in [0.3, 0.4) is 0 Å². The Bertz CT molecular complexity index is 1370. The number of carbonyl (C=O) groups is 1. The largest absolute Gasteiger partial charge is 0.454 e. The number of piperidine rings is 1. The Morgan fingerprint density at radius 2 is 1.77 bits per heavy atom.